The molecule has 100 valence electrons. The van der Waals surface area contributed by atoms with Crippen LogP contribution in [0.2, 0.25) is 0 Å². The summed E-state index contributed by atoms with van der Waals surface area (Å²) < 4.78 is 1.93. The van der Waals surface area contributed by atoms with Crippen LogP contribution >= 0.6 is 0 Å². The minimum Gasteiger partial charge on any atom is -0.508 e. The predicted octanol–water partition coefficient (Wildman–Crippen LogP) is 3.30. The summed E-state index contributed by atoms with van der Waals surface area (Å²) in [5.74, 6) is 0.213. The summed E-state index contributed by atoms with van der Waals surface area (Å²) in [6, 6.07) is 13.8. The highest BCUT2D eigenvalue weighted by atomic mass is 16.6. The van der Waals surface area contributed by atoms with Gasteiger partial charge in [-0.25, -0.2) is 0 Å². The van der Waals surface area contributed by atoms with E-state index >= 15 is 0 Å². The number of aromatic nitrogens is 1. The highest BCUT2D eigenvalue weighted by Crippen LogP contribution is 2.27. The van der Waals surface area contributed by atoms with Crippen LogP contribution in [0, 0.1) is 10.1 Å². The molecule has 0 aliphatic rings. The van der Waals surface area contributed by atoms with Crippen LogP contribution in [-0.2, 0) is 6.54 Å². The van der Waals surface area contributed by atoms with Crippen molar-refractivity contribution in [1.29, 1.82) is 0 Å². The van der Waals surface area contributed by atoms with E-state index in [0.717, 1.165) is 11.1 Å². The lowest BCUT2D eigenvalue weighted by Crippen LogP contribution is -1.97. The van der Waals surface area contributed by atoms with E-state index in [0.29, 0.717) is 11.9 Å². The van der Waals surface area contributed by atoms with Gasteiger partial charge in [0.15, 0.2) is 0 Å². The van der Waals surface area contributed by atoms with Crippen LogP contribution in [0.5, 0.6) is 5.75 Å². The largest absolute Gasteiger partial charge is 0.508 e. The van der Waals surface area contributed by atoms with Gasteiger partial charge >= 0.3 is 0 Å². The monoisotopic (exact) mass is 268 g/mol. The molecule has 3 rings (SSSR count). The minimum absolute atomic E-state index is 0.108. The van der Waals surface area contributed by atoms with Crippen molar-refractivity contribution in [2.24, 2.45) is 0 Å². The molecule has 5 heteroatoms. The van der Waals surface area contributed by atoms with Gasteiger partial charge in [-0.1, -0.05) is 18.2 Å². The third-order valence-electron chi connectivity index (χ3n) is 3.25. The summed E-state index contributed by atoms with van der Waals surface area (Å²) in [5.41, 5.74) is 1.86. The molecule has 0 aliphatic heterocycles. The standard InChI is InChI=1S/C15H12N2O3/c18-12-4-1-3-11(9-12)10-16-8-7-13-14(16)5-2-6-15(13)17(19)20/h1-9,18H,10H2. The Bertz CT molecular complexity index is 793. The van der Waals surface area contributed by atoms with Crippen LogP contribution in [0.3, 0.4) is 0 Å². The fourth-order valence-corrected chi connectivity index (χ4v) is 2.36. The Labute approximate surface area is 114 Å². The fraction of sp³-hybridized carbons (Fsp3) is 0.0667. The highest BCUT2D eigenvalue weighted by Gasteiger charge is 2.13. The van der Waals surface area contributed by atoms with Gasteiger partial charge in [-0.3, -0.25) is 10.1 Å². The van der Waals surface area contributed by atoms with Crippen molar-refractivity contribution in [2.45, 2.75) is 6.54 Å². The zero-order chi connectivity index (χ0) is 14.1. The number of phenols is 1. The molecule has 0 saturated carbocycles. The van der Waals surface area contributed by atoms with Gasteiger partial charge in [-0.15, -0.1) is 0 Å². The second kappa shape index (κ2) is 4.70. The van der Waals surface area contributed by atoms with Crippen LogP contribution in [0.1, 0.15) is 5.56 Å². The summed E-state index contributed by atoms with van der Waals surface area (Å²) in [5, 5.41) is 21.1. The molecule has 20 heavy (non-hydrogen) atoms. The maximum absolute atomic E-state index is 11.0. The lowest BCUT2D eigenvalue weighted by atomic mass is 10.2. The van der Waals surface area contributed by atoms with Crippen molar-refractivity contribution in [1.82, 2.24) is 4.57 Å². The molecule has 5 nitrogen and oxygen atoms in total. The first kappa shape index (κ1) is 12.2. The maximum atomic E-state index is 11.0. The molecule has 0 amide bonds. The molecule has 0 spiro atoms. The summed E-state index contributed by atoms with van der Waals surface area (Å²) >= 11 is 0. The normalized spacial score (nSPS) is 10.8. The molecule has 1 heterocycles. The molecule has 2 aromatic carbocycles. The lowest BCUT2D eigenvalue weighted by Gasteiger charge is -2.06. The fourth-order valence-electron chi connectivity index (χ4n) is 2.36. The number of hydrogen-bond acceptors (Lipinski definition) is 3. The number of rotatable bonds is 3. The van der Waals surface area contributed by atoms with Gasteiger partial charge in [0.25, 0.3) is 5.69 Å². The number of hydrogen-bond donors (Lipinski definition) is 1. The predicted molar refractivity (Wildman–Crippen MR) is 75.8 cm³/mol. The van der Waals surface area contributed by atoms with E-state index < -0.39 is 0 Å². The Kier molecular flexibility index (Phi) is 2.87. The molecule has 0 atom stereocenters. The summed E-state index contributed by atoms with van der Waals surface area (Å²) in [4.78, 5) is 10.6. The van der Waals surface area contributed by atoms with Crippen LogP contribution in [-0.4, -0.2) is 14.6 Å². The summed E-state index contributed by atoms with van der Waals surface area (Å²) in [7, 11) is 0. The number of aromatic hydroxyl groups is 1. The molecule has 1 aromatic heterocycles. The molecule has 1 N–H and O–H groups in total. The summed E-state index contributed by atoms with van der Waals surface area (Å²) in [6.45, 7) is 0.555. The first-order valence-electron chi connectivity index (χ1n) is 6.15. The van der Waals surface area contributed by atoms with E-state index in [1.165, 1.54) is 6.07 Å². The molecule has 3 aromatic rings. The van der Waals surface area contributed by atoms with Gasteiger partial charge in [0.05, 0.1) is 15.8 Å². The number of nitro groups is 1. The Morgan fingerprint density at radius 2 is 1.95 bits per heavy atom. The number of nitro benzene ring substituents is 1. The van der Waals surface area contributed by atoms with Gasteiger partial charge in [-0.05, 0) is 29.8 Å². The van der Waals surface area contributed by atoms with E-state index in [2.05, 4.69) is 0 Å². The number of non-ortho nitro benzene ring substituents is 1. The van der Waals surface area contributed by atoms with Crippen molar-refractivity contribution in [3.63, 3.8) is 0 Å². The van der Waals surface area contributed by atoms with Crippen molar-refractivity contribution in [3.05, 3.63) is 70.4 Å². The Morgan fingerprint density at radius 1 is 1.15 bits per heavy atom. The molecule has 0 fully saturated rings. The zero-order valence-corrected chi connectivity index (χ0v) is 10.6. The second-order valence-corrected chi connectivity index (χ2v) is 4.58. The van der Waals surface area contributed by atoms with E-state index in [1.807, 2.05) is 22.9 Å². The van der Waals surface area contributed by atoms with Crippen molar-refractivity contribution >= 4 is 16.6 Å². The number of phenolic OH excluding ortho intramolecular Hbond substituents is 1. The van der Waals surface area contributed by atoms with E-state index in [-0.39, 0.29) is 16.4 Å². The Morgan fingerprint density at radius 3 is 2.70 bits per heavy atom. The lowest BCUT2D eigenvalue weighted by molar-refractivity contribution is -0.383. The topological polar surface area (TPSA) is 68.3 Å². The molecular formula is C15H12N2O3. The van der Waals surface area contributed by atoms with Gasteiger partial charge in [0, 0.05) is 18.8 Å². The van der Waals surface area contributed by atoms with Gasteiger partial charge in [0.2, 0.25) is 0 Å². The number of fused-ring (bicyclic) bond motifs is 1. The smallest absolute Gasteiger partial charge is 0.278 e. The molecule has 0 radical (unpaired) electrons. The summed E-state index contributed by atoms with van der Waals surface area (Å²) in [6.07, 6.45) is 1.82. The van der Waals surface area contributed by atoms with E-state index in [1.54, 1.807) is 30.3 Å². The Balaban J connectivity index is 2.05. The average molecular weight is 268 g/mol. The van der Waals surface area contributed by atoms with E-state index in [9.17, 15) is 15.2 Å². The molecule has 0 saturated heterocycles. The maximum Gasteiger partial charge on any atom is 0.278 e. The van der Waals surface area contributed by atoms with Gasteiger partial charge in [-0.2, -0.15) is 0 Å². The quantitative estimate of drug-likeness (QED) is 0.585. The van der Waals surface area contributed by atoms with Crippen molar-refractivity contribution in [3.8, 4) is 5.75 Å². The van der Waals surface area contributed by atoms with Gasteiger partial charge in [0.1, 0.15) is 5.75 Å². The van der Waals surface area contributed by atoms with Crippen LogP contribution in [0.25, 0.3) is 10.9 Å². The minimum atomic E-state index is -0.374. The Hall–Kier alpha value is -2.82. The first-order chi connectivity index (χ1) is 9.65. The molecular weight excluding hydrogens is 256 g/mol. The molecule has 0 aliphatic carbocycles. The second-order valence-electron chi connectivity index (χ2n) is 4.58. The van der Waals surface area contributed by atoms with Crippen LogP contribution in [0.15, 0.2) is 54.7 Å². The van der Waals surface area contributed by atoms with Gasteiger partial charge < -0.3 is 9.67 Å². The number of nitrogens with zero attached hydrogens (tertiary/aromatic N) is 2. The zero-order valence-electron chi connectivity index (χ0n) is 10.6. The third-order valence-corrected chi connectivity index (χ3v) is 3.25. The SMILES string of the molecule is O=[N+]([O-])c1cccc2c1ccn2Cc1cccc(O)c1. The van der Waals surface area contributed by atoms with E-state index in [4.69, 9.17) is 0 Å². The highest BCUT2D eigenvalue weighted by molar-refractivity contribution is 5.89. The third kappa shape index (κ3) is 2.09. The van der Waals surface area contributed by atoms with Crippen molar-refractivity contribution < 1.29 is 10.0 Å². The average Bonchev–Trinajstić information content (AvgIpc) is 2.82. The molecule has 0 bridgehead atoms. The van der Waals surface area contributed by atoms with Crippen LogP contribution < -0.4 is 0 Å². The number of benzene rings is 2. The first-order valence-corrected chi connectivity index (χ1v) is 6.15. The molecule has 0 unspecified atom stereocenters. The van der Waals surface area contributed by atoms with Crippen molar-refractivity contribution in [2.75, 3.05) is 0 Å². The van der Waals surface area contributed by atoms with Crippen LogP contribution in [0.4, 0.5) is 5.69 Å².